The normalized spacial score (nSPS) is 23.0. The van der Waals surface area contributed by atoms with E-state index in [1.807, 2.05) is 0 Å². The highest BCUT2D eigenvalue weighted by molar-refractivity contribution is 4.74. The van der Waals surface area contributed by atoms with Gasteiger partial charge in [0.2, 0.25) is 0 Å². The van der Waals surface area contributed by atoms with Crippen molar-refractivity contribution < 1.29 is 18.3 Å². The van der Waals surface area contributed by atoms with Crippen molar-refractivity contribution in [3.05, 3.63) is 0 Å². The summed E-state index contributed by atoms with van der Waals surface area (Å²) in [7, 11) is 0. The SMILES string of the molecule is O[C@H](CN1CCCC1)C(F)(F)F. The molecule has 0 bridgehead atoms. The standard InChI is InChI=1S/C7H12F3NO/c8-7(9,10)6(12)5-11-3-1-2-4-11/h6,12H,1-5H2/t6-/m1/s1. The van der Waals surface area contributed by atoms with Crippen LogP contribution in [0.1, 0.15) is 12.8 Å². The maximum Gasteiger partial charge on any atom is 0.415 e. The third-order valence-corrected chi connectivity index (χ3v) is 2.01. The number of alkyl halides is 3. The minimum atomic E-state index is -4.47. The van der Waals surface area contributed by atoms with Gasteiger partial charge in [0, 0.05) is 6.54 Å². The average molecular weight is 183 g/mol. The lowest BCUT2D eigenvalue weighted by Gasteiger charge is -2.20. The third-order valence-electron chi connectivity index (χ3n) is 2.01. The third kappa shape index (κ3) is 2.64. The van der Waals surface area contributed by atoms with E-state index in [1.165, 1.54) is 0 Å². The fourth-order valence-corrected chi connectivity index (χ4v) is 1.31. The van der Waals surface area contributed by atoms with Crippen molar-refractivity contribution in [3.8, 4) is 0 Å². The summed E-state index contributed by atoms with van der Waals surface area (Å²) < 4.78 is 35.5. The molecule has 0 unspecified atom stereocenters. The summed E-state index contributed by atoms with van der Waals surface area (Å²) >= 11 is 0. The number of aliphatic hydroxyl groups is 1. The van der Waals surface area contributed by atoms with Crippen LogP contribution in [0.4, 0.5) is 13.2 Å². The zero-order valence-electron chi connectivity index (χ0n) is 6.64. The van der Waals surface area contributed by atoms with Gasteiger partial charge in [-0.1, -0.05) is 0 Å². The van der Waals surface area contributed by atoms with E-state index in [0.29, 0.717) is 13.1 Å². The molecular weight excluding hydrogens is 171 g/mol. The van der Waals surface area contributed by atoms with Crippen molar-refractivity contribution in [1.82, 2.24) is 4.90 Å². The fraction of sp³-hybridized carbons (Fsp3) is 1.00. The first-order valence-corrected chi connectivity index (χ1v) is 3.97. The first-order valence-electron chi connectivity index (χ1n) is 3.97. The molecule has 1 fully saturated rings. The minimum Gasteiger partial charge on any atom is -0.382 e. The Morgan fingerprint density at radius 2 is 1.75 bits per heavy atom. The Kier molecular flexibility index (Phi) is 2.95. The lowest BCUT2D eigenvalue weighted by atomic mass is 10.3. The van der Waals surface area contributed by atoms with Crippen LogP contribution in [-0.4, -0.2) is 41.9 Å². The molecule has 1 N–H and O–H groups in total. The summed E-state index contributed by atoms with van der Waals surface area (Å²) in [6.45, 7) is 1.07. The maximum atomic E-state index is 11.8. The molecule has 0 spiro atoms. The van der Waals surface area contributed by atoms with Crippen LogP contribution in [0, 0.1) is 0 Å². The second kappa shape index (κ2) is 3.62. The van der Waals surface area contributed by atoms with Crippen LogP contribution in [0.5, 0.6) is 0 Å². The van der Waals surface area contributed by atoms with Crippen molar-refractivity contribution in [2.24, 2.45) is 0 Å². The Bertz CT molecular complexity index is 142. The van der Waals surface area contributed by atoms with Gasteiger partial charge < -0.3 is 10.0 Å². The number of aliphatic hydroxyl groups excluding tert-OH is 1. The highest BCUT2D eigenvalue weighted by Crippen LogP contribution is 2.21. The molecular formula is C7H12F3NO. The van der Waals surface area contributed by atoms with Crippen LogP contribution >= 0.6 is 0 Å². The topological polar surface area (TPSA) is 23.5 Å². The Morgan fingerprint density at radius 3 is 2.17 bits per heavy atom. The van der Waals surface area contributed by atoms with E-state index in [9.17, 15) is 13.2 Å². The van der Waals surface area contributed by atoms with Gasteiger partial charge in [0.15, 0.2) is 6.10 Å². The highest BCUT2D eigenvalue weighted by Gasteiger charge is 2.39. The molecule has 0 aromatic heterocycles. The molecule has 2 nitrogen and oxygen atoms in total. The average Bonchev–Trinajstić information content (AvgIpc) is 2.37. The molecule has 12 heavy (non-hydrogen) atoms. The smallest absolute Gasteiger partial charge is 0.382 e. The largest absolute Gasteiger partial charge is 0.415 e. The molecule has 0 aliphatic carbocycles. The van der Waals surface area contributed by atoms with Crippen molar-refractivity contribution in [2.75, 3.05) is 19.6 Å². The first-order chi connectivity index (χ1) is 5.50. The number of β-amino-alcohol motifs (C(OH)–C–C–N with tert-alkyl or cyclic N) is 1. The number of likely N-dealkylation sites (tertiary alicyclic amines) is 1. The van der Waals surface area contributed by atoms with Crippen LogP contribution in [0.2, 0.25) is 0 Å². The molecule has 0 radical (unpaired) electrons. The quantitative estimate of drug-likeness (QED) is 0.690. The van der Waals surface area contributed by atoms with Crippen LogP contribution in [0.3, 0.4) is 0 Å². The second-order valence-electron chi connectivity index (χ2n) is 3.07. The van der Waals surface area contributed by atoms with Crippen LogP contribution in [-0.2, 0) is 0 Å². The summed E-state index contributed by atoms with van der Waals surface area (Å²) in [5.74, 6) is 0. The zero-order chi connectivity index (χ0) is 9.19. The molecule has 1 aliphatic rings. The van der Waals surface area contributed by atoms with Gasteiger partial charge in [-0.15, -0.1) is 0 Å². The van der Waals surface area contributed by atoms with E-state index in [1.54, 1.807) is 4.90 Å². The maximum absolute atomic E-state index is 11.8. The van der Waals surface area contributed by atoms with Gasteiger partial charge in [-0.25, -0.2) is 0 Å². The van der Waals surface area contributed by atoms with Crippen LogP contribution in [0.25, 0.3) is 0 Å². The summed E-state index contributed by atoms with van der Waals surface area (Å²) in [5.41, 5.74) is 0. The van der Waals surface area contributed by atoms with Crippen molar-refractivity contribution in [2.45, 2.75) is 25.1 Å². The lowest BCUT2D eigenvalue weighted by molar-refractivity contribution is -0.207. The predicted octanol–water partition coefficient (Wildman–Crippen LogP) is 1.01. The molecule has 0 amide bonds. The van der Waals surface area contributed by atoms with Gasteiger partial charge >= 0.3 is 6.18 Å². The number of nitrogens with zero attached hydrogens (tertiary/aromatic N) is 1. The number of rotatable bonds is 2. The van der Waals surface area contributed by atoms with Crippen LogP contribution < -0.4 is 0 Å². The predicted molar refractivity (Wildman–Crippen MR) is 37.7 cm³/mol. The van der Waals surface area contributed by atoms with E-state index in [4.69, 9.17) is 5.11 Å². The van der Waals surface area contributed by atoms with Crippen LogP contribution in [0.15, 0.2) is 0 Å². The molecule has 1 atom stereocenters. The van der Waals surface area contributed by atoms with E-state index in [2.05, 4.69) is 0 Å². The first kappa shape index (κ1) is 9.80. The van der Waals surface area contributed by atoms with Gasteiger partial charge in [0.05, 0.1) is 0 Å². The Hall–Kier alpha value is -0.290. The Balaban J connectivity index is 2.30. The van der Waals surface area contributed by atoms with Gasteiger partial charge in [0.25, 0.3) is 0 Å². The van der Waals surface area contributed by atoms with Crippen molar-refractivity contribution >= 4 is 0 Å². The Morgan fingerprint density at radius 1 is 1.25 bits per heavy atom. The van der Waals surface area contributed by atoms with Crippen molar-refractivity contribution in [1.29, 1.82) is 0 Å². The number of hydrogen-bond donors (Lipinski definition) is 1. The second-order valence-corrected chi connectivity index (χ2v) is 3.07. The molecule has 1 saturated heterocycles. The summed E-state index contributed by atoms with van der Waals surface area (Å²) in [6, 6.07) is 0. The number of halogens is 3. The molecule has 0 saturated carbocycles. The van der Waals surface area contributed by atoms with Gasteiger partial charge in [-0.05, 0) is 25.9 Å². The summed E-state index contributed by atoms with van der Waals surface area (Å²) in [4.78, 5) is 1.64. The molecule has 1 heterocycles. The minimum absolute atomic E-state index is 0.274. The summed E-state index contributed by atoms with van der Waals surface area (Å²) in [6.07, 6.45) is -4.78. The van der Waals surface area contributed by atoms with Gasteiger partial charge in [-0.3, -0.25) is 0 Å². The lowest BCUT2D eigenvalue weighted by Crippen LogP contribution is -2.39. The molecule has 5 heteroatoms. The van der Waals surface area contributed by atoms with Crippen molar-refractivity contribution in [3.63, 3.8) is 0 Å². The van der Waals surface area contributed by atoms with Gasteiger partial charge in [-0.2, -0.15) is 13.2 Å². The molecule has 1 aliphatic heterocycles. The van der Waals surface area contributed by atoms with Gasteiger partial charge in [0.1, 0.15) is 0 Å². The molecule has 72 valence electrons. The summed E-state index contributed by atoms with van der Waals surface area (Å²) in [5, 5.41) is 8.68. The zero-order valence-corrected chi connectivity index (χ0v) is 6.64. The molecule has 0 aromatic rings. The fourth-order valence-electron chi connectivity index (χ4n) is 1.31. The molecule has 1 rings (SSSR count). The van der Waals surface area contributed by atoms with E-state index >= 15 is 0 Å². The van der Waals surface area contributed by atoms with E-state index in [-0.39, 0.29) is 6.54 Å². The Labute approximate surface area is 69.0 Å². The monoisotopic (exact) mass is 183 g/mol. The molecule has 0 aromatic carbocycles. The number of hydrogen-bond acceptors (Lipinski definition) is 2. The van der Waals surface area contributed by atoms with E-state index in [0.717, 1.165) is 12.8 Å². The highest BCUT2D eigenvalue weighted by atomic mass is 19.4. The van der Waals surface area contributed by atoms with E-state index < -0.39 is 12.3 Å².